The second-order valence-corrected chi connectivity index (χ2v) is 2.61. The molecule has 0 saturated heterocycles. The van der Waals surface area contributed by atoms with E-state index in [1.165, 1.54) is 6.07 Å². The van der Waals surface area contributed by atoms with Gasteiger partial charge in [-0.3, -0.25) is 4.79 Å². The molecule has 0 aromatic heterocycles. The summed E-state index contributed by atoms with van der Waals surface area (Å²) in [5.74, 6) is 0.0954. The molecule has 1 rings (SSSR count). The molecule has 13 heavy (non-hydrogen) atoms. The number of rotatable bonds is 3. The van der Waals surface area contributed by atoms with Gasteiger partial charge in [-0.15, -0.1) is 0 Å². The second kappa shape index (κ2) is 4.60. The van der Waals surface area contributed by atoms with E-state index in [0.717, 1.165) is 0 Å². The first-order valence-corrected chi connectivity index (χ1v) is 4.12. The Balaban J connectivity index is 2.71. The molecule has 0 amide bonds. The van der Waals surface area contributed by atoms with Crippen LogP contribution in [0.4, 0.5) is 4.39 Å². The standard InChI is InChI=1S/C10H11FO2/c1-2-10(12)13-9-5-3-4-8(6-9)7-11/h3-6H,2,7H2,1H3. The molecular weight excluding hydrogens is 171 g/mol. The van der Waals surface area contributed by atoms with Gasteiger partial charge in [-0.1, -0.05) is 19.1 Å². The van der Waals surface area contributed by atoms with Gasteiger partial charge in [0, 0.05) is 6.42 Å². The van der Waals surface area contributed by atoms with Crippen molar-refractivity contribution in [1.82, 2.24) is 0 Å². The maximum absolute atomic E-state index is 12.2. The molecule has 0 atom stereocenters. The molecule has 0 aliphatic rings. The van der Waals surface area contributed by atoms with Crippen molar-refractivity contribution in [3.8, 4) is 5.75 Å². The normalized spacial score (nSPS) is 9.69. The summed E-state index contributed by atoms with van der Waals surface area (Å²) >= 11 is 0. The fourth-order valence-corrected chi connectivity index (χ4v) is 0.896. The van der Waals surface area contributed by atoms with Crippen LogP contribution in [0, 0.1) is 0 Å². The Morgan fingerprint density at radius 3 is 2.92 bits per heavy atom. The van der Waals surface area contributed by atoms with Gasteiger partial charge in [0.05, 0.1) is 0 Å². The highest BCUT2D eigenvalue weighted by molar-refractivity contribution is 5.71. The highest BCUT2D eigenvalue weighted by Crippen LogP contribution is 2.14. The molecule has 0 spiro atoms. The fraction of sp³-hybridized carbons (Fsp3) is 0.300. The van der Waals surface area contributed by atoms with Crippen molar-refractivity contribution in [1.29, 1.82) is 0 Å². The van der Waals surface area contributed by atoms with E-state index in [1.54, 1.807) is 25.1 Å². The van der Waals surface area contributed by atoms with Gasteiger partial charge in [0.2, 0.25) is 0 Å². The van der Waals surface area contributed by atoms with Crippen LogP contribution in [-0.4, -0.2) is 5.97 Å². The average molecular weight is 182 g/mol. The zero-order chi connectivity index (χ0) is 9.68. The third-order valence-corrected chi connectivity index (χ3v) is 1.57. The van der Waals surface area contributed by atoms with Crippen molar-refractivity contribution in [2.45, 2.75) is 20.0 Å². The van der Waals surface area contributed by atoms with Crippen LogP contribution >= 0.6 is 0 Å². The van der Waals surface area contributed by atoms with Gasteiger partial charge in [-0.05, 0) is 17.7 Å². The van der Waals surface area contributed by atoms with Crippen LogP contribution in [0.5, 0.6) is 5.75 Å². The first kappa shape index (κ1) is 9.71. The van der Waals surface area contributed by atoms with Crippen molar-refractivity contribution in [2.24, 2.45) is 0 Å². The zero-order valence-corrected chi connectivity index (χ0v) is 7.42. The molecule has 0 saturated carbocycles. The smallest absolute Gasteiger partial charge is 0.310 e. The Hall–Kier alpha value is -1.38. The highest BCUT2D eigenvalue weighted by atomic mass is 19.1. The first-order chi connectivity index (χ1) is 6.26. The van der Waals surface area contributed by atoms with Crippen molar-refractivity contribution in [2.75, 3.05) is 0 Å². The predicted molar refractivity (Wildman–Crippen MR) is 47.2 cm³/mol. The van der Waals surface area contributed by atoms with Crippen LogP contribution in [0.25, 0.3) is 0 Å². The third kappa shape index (κ3) is 2.86. The summed E-state index contributed by atoms with van der Waals surface area (Å²) in [5, 5.41) is 0. The summed E-state index contributed by atoms with van der Waals surface area (Å²) in [7, 11) is 0. The van der Waals surface area contributed by atoms with E-state index in [2.05, 4.69) is 0 Å². The van der Waals surface area contributed by atoms with Gasteiger partial charge in [-0.2, -0.15) is 0 Å². The monoisotopic (exact) mass is 182 g/mol. The molecule has 3 heteroatoms. The number of hydrogen-bond acceptors (Lipinski definition) is 2. The molecule has 0 radical (unpaired) electrons. The maximum atomic E-state index is 12.2. The predicted octanol–water partition coefficient (Wildman–Crippen LogP) is 2.47. The topological polar surface area (TPSA) is 26.3 Å². The van der Waals surface area contributed by atoms with Crippen LogP contribution in [0.2, 0.25) is 0 Å². The van der Waals surface area contributed by atoms with Crippen molar-refractivity contribution in [3.63, 3.8) is 0 Å². The number of carbonyl (C=O) groups is 1. The summed E-state index contributed by atoms with van der Waals surface area (Å²) < 4.78 is 17.1. The summed E-state index contributed by atoms with van der Waals surface area (Å²) in [4.78, 5) is 10.9. The van der Waals surface area contributed by atoms with Crippen LogP contribution in [0.1, 0.15) is 18.9 Å². The largest absolute Gasteiger partial charge is 0.427 e. The Morgan fingerprint density at radius 2 is 2.31 bits per heavy atom. The fourth-order valence-electron chi connectivity index (χ4n) is 0.896. The molecule has 0 heterocycles. The Morgan fingerprint density at radius 1 is 1.54 bits per heavy atom. The van der Waals surface area contributed by atoms with Gasteiger partial charge in [0.15, 0.2) is 0 Å². The zero-order valence-electron chi connectivity index (χ0n) is 7.42. The molecule has 0 unspecified atom stereocenters. The summed E-state index contributed by atoms with van der Waals surface area (Å²) in [6.07, 6.45) is 0.319. The SMILES string of the molecule is CCC(=O)Oc1cccc(CF)c1. The quantitative estimate of drug-likeness (QED) is 0.530. The minimum absolute atomic E-state index is 0.309. The van der Waals surface area contributed by atoms with E-state index < -0.39 is 6.67 Å². The number of benzene rings is 1. The lowest BCUT2D eigenvalue weighted by Gasteiger charge is -2.02. The van der Waals surface area contributed by atoms with Crippen molar-refractivity contribution < 1.29 is 13.9 Å². The van der Waals surface area contributed by atoms with Gasteiger partial charge >= 0.3 is 5.97 Å². The third-order valence-electron chi connectivity index (χ3n) is 1.57. The molecule has 0 aliphatic heterocycles. The summed E-state index contributed by atoms with van der Waals surface area (Å²) in [5.41, 5.74) is 0.515. The molecular formula is C10H11FO2. The second-order valence-electron chi connectivity index (χ2n) is 2.61. The van der Waals surface area contributed by atoms with E-state index in [4.69, 9.17) is 4.74 Å². The van der Waals surface area contributed by atoms with E-state index in [-0.39, 0.29) is 5.97 Å². The number of hydrogen-bond donors (Lipinski definition) is 0. The van der Waals surface area contributed by atoms with E-state index >= 15 is 0 Å². The van der Waals surface area contributed by atoms with Crippen molar-refractivity contribution >= 4 is 5.97 Å². The lowest BCUT2D eigenvalue weighted by molar-refractivity contribution is -0.134. The molecule has 2 nitrogen and oxygen atoms in total. The average Bonchev–Trinajstić information content (AvgIpc) is 2.18. The molecule has 0 bridgehead atoms. The van der Waals surface area contributed by atoms with Crippen LogP contribution in [0.3, 0.4) is 0 Å². The Kier molecular flexibility index (Phi) is 3.43. The summed E-state index contributed by atoms with van der Waals surface area (Å²) in [6.45, 7) is 1.17. The van der Waals surface area contributed by atoms with Crippen LogP contribution in [-0.2, 0) is 11.5 Å². The van der Waals surface area contributed by atoms with Gasteiger partial charge in [0.1, 0.15) is 12.4 Å². The number of halogens is 1. The highest BCUT2D eigenvalue weighted by Gasteiger charge is 2.01. The molecule has 70 valence electrons. The first-order valence-electron chi connectivity index (χ1n) is 4.12. The number of carbonyl (C=O) groups excluding carboxylic acids is 1. The van der Waals surface area contributed by atoms with Gasteiger partial charge in [-0.25, -0.2) is 4.39 Å². The Labute approximate surface area is 76.3 Å². The van der Waals surface area contributed by atoms with Gasteiger partial charge in [0.25, 0.3) is 0 Å². The maximum Gasteiger partial charge on any atom is 0.310 e. The number of ether oxygens (including phenoxy) is 1. The molecule has 0 fully saturated rings. The molecule has 0 N–H and O–H groups in total. The van der Waals surface area contributed by atoms with E-state index in [1.807, 2.05) is 0 Å². The van der Waals surface area contributed by atoms with Crippen LogP contribution in [0.15, 0.2) is 24.3 Å². The van der Waals surface area contributed by atoms with E-state index in [9.17, 15) is 9.18 Å². The molecule has 0 aliphatic carbocycles. The minimum atomic E-state index is -0.544. The molecule has 1 aromatic rings. The lowest BCUT2D eigenvalue weighted by Crippen LogP contribution is -2.05. The molecule has 1 aromatic carbocycles. The lowest BCUT2D eigenvalue weighted by atomic mass is 10.2. The van der Waals surface area contributed by atoms with Gasteiger partial charge < -0.3 is 4.74 Å². The van der Waals surface area contributed by atoms with Crippen molar-refractivity contribution in [3.05, 3.63) is 29.8 Å². The number of alkyl halides is 1. The summed E-state index contributed by atoms with van der Waals surface area (Å²) in [6, 6.07) is 6.46. The Bertz CT molecular complexity index is 297. The minimum Gasteiger partial charge on any atom is -0.427 e. The van der Waals surface area contributed by atoms with E-state index in [0.29, 0.717) is 17.7 Å². The number of esters is 1. The van der Waals surface area contributed by atoms with Crippen LogP contribution < -0.4 is 4.74 Å².